The second-order valence-corrected chi connectivity index (χ2v) is 6.00. The highest BCUT2D eigenvalue weighted by Gasteiger charge is 2.56. The minimum atomic E-state index is 0.441. The van der Waals surface area contributed by atoms with Gasteiger partial charge in [-0.05, 0) is 44.2 Å². The lowest BCUT2D eigenvalue weighted by Gasteiger charge is -2.23. The molecular weight excluding hydrogens is 210 g/mol. The van der Waals surface area contributed by atoms with E-state index in [1.165, 1.54) is 44.9 Å². The Morgan fingerprint density at radius 3 is 2.59 bits per heavy atom. The van der Waals surface area contributed by atoms with Gasteiger partial charge in [-0.25, -0.2) is 0 Å². The number of rotatable bonds is 7. The predicted molar refractivity (Wildman–Crippen MR) is 71.0 cm³/mol. The smallest absolute Gasteiger partial charge is 0.136 e. The van der Waals surface area contributed by atoms with E-state index in [0.717, 1.165) is 25.9 Å². The second-order valence-electron chi connectivity index (χ2n) is 6.00. The van der Waals surface area contributed by atoms with Gasteiger partial charge in [0.15, 0.2) is 0 Å². The number of Topliss-reactive ketones (excluding diaryl/α,β-unsaturated/α-hetero) is 1. The summed E-state index contributed by atoms with van der Waals surface area (Å²) in [6.45, 7) is 4.48. The molecule has 0 bridgehead atoms. The zero-order valence-corrected chi connectivity index (χ0v) is 11.3. The number of carbonyl (C=O) groups excluding carboxylic acids is 1. The summed E-state index contributed by atoms with van der Waals surface area (Å²) in [5.74, 6) is 1.01. The molecule has 17 heavy (non-hydrogen) atoms. The van der Waals surface area contributed by atoms with Crippen molar-refractivity contribution in [3.8, 4) is 0 Å². The zero-order chi connectivity index (χ0) is 12.1. The topological polar surface area (TPSA) is 29.1 Å². The summed E-state index contributed by atoms with van der Waals surface area (Å²) in [6.07, 6.45) is 10.8. The molecule has 1 saturated carbocycles. The van der Waals surface area contributed by atoms with Crippen LogP contribution in [0.15, 0.2) is 0 Å². The first-order valence-electron chi connectivity index (χ1n) is 7.52. The molecule has 0 aromatic rings. The predicted octanol–water partition coefficient (Wildman–Crippen LogP) is 3.31. The van der Waals surface area contributed by atoms with Crippen molar-refractivity contribution in [1.29, 1.82) is 0 Å². The first-order valence-corrected chi connectivity index (χ1v) is 7.52. The Labute approximate surface area is 106 Å². The van der Waals surface area contributed by atoms with Crippen molar-refractivity contribution in [1.82, 2.24) is 5.32 Å². The molecule has 98 valence electrons. The third-order valence-electron chi connectivity index (χ3n) is 4.70. The Morgan fingerprint density at radius 2 is 1.88 bits per heavy atom. The standard InChI is InChI=1S/C15H27NO/c1-2-3-4-5-6-7-14(17)13-12-15(13)8-10-16-11-9-15/h13,16H,2-12H2,1H3. The van der Waals surface area contributed by atoms with Gasteiger partial charge in [0.1, 0.15) is 5.78 Å². The van der Waals surface area contributed by atoms with Gasteiger partial charge in [0.2, 0.25) is 0 Å². The molecule has 1 spiro atoms. The first-order chi connectivity index (χ1) is 8.28. The summed E-state index contributed by atoms with van der Waals surface area (Å²) in [4.78, 5) is 12.1. The number of hydrogen-bond acceptors (Lipinski definition) is 2. The fraction of sp³-hybridized carbons (Fsp3) is 0.933. The Hall–Kier alpha value is -0.370. The van der Waals surface area contributed by atoms with Crippen molar-refractivity contribution in [2.45, 2.75) is 64.7 Å². The number of nitrogens with one attached hydrogen (secondary N) is 1. The van der Waals surface area contributed by atoms with Gasteiger partial charge in [-0.2, -0.15) is 0 Å². The number of piperidine rings is 1. The van der Waals surface area contributed by atoms with Crippen LogP contribution in [0.1, 0.15) is 64.7 Å². The maximum absolute atomic E-state index is 12.1. The summed E-state index contributed by atoms with van der Waals surface area (Å²) in [5, 5.41) is 3.39. The molecule has 1 atom stereocenters. The van der Waals surface area contributed by atoms with Crippen molar-refractivity contribution in [2.75, 3.05) is 13.1 Å². The molecule has 2 rings (SSSR count). The van der Waals surface area contributed by atoms with Gasteiger partial charge in [-0.3, -0.25) is 4.79 Å². The fourth-order valence-electron chi connectivity index (χ4n) is 3.36. The van der Waals surface area contributed by atoms with Crippen LogP contribution in [0, 0.1) is 11.3 Å². The summed E-state index contributed by atoms with van der Waals surface area (Å²) in [5.41, 5.74) is 0.450. The lowest BCUT2D eigenvalue weighted by molar-refractivity contribution is -0.121. The average molecular weight is 237 g/mol. The monoisotopic (exact) mass is 237 g/mol. The molecular formula is C15H27NO. The van der Waals surface area contributed by atoms with Crippen molar-refractivity contribution >= 4 is 5.78 Å². The molecule has 0 aromatic carbocycles. The molecule has 2 fully saturated rings. The van der Waals surface area contributed by atoms with E-state index in [0.29, 0.717) is 17.1 Å². The molecule has 1 heterocycles. The van der Waals surface area contributed by atoms with Crippen LogP contribution >= 0.6 is 0 Å². The average Bonchev–Trinajstić information content (AvgIpc) is 3.03. The molecule has 2 heteroatoms. The van der Waals surface area contributed by atoms with Gasteiger partial charge in [-0.15, -0.1) is 0 Å². The molecule has 0 amide bonds. The summed E-state index contributed by atoms with van der Waals surface area (Å²) in [6, 6.07) is 0. The maximum atomic E-state index is 12.1. The van der Waals surface area contributed by atoms with Crippen LogP contribution in [0.5, 0.6) is 0 Å². The third-order valence-corrected chi connectivity index (χ3v) is 4.70. The number of carbonyl (C=O) groups is 1. The van der Waals surface area contributed by atoms with Crippen LogP contribution in [-0.4, -0.2) is 18.9 Å². The highest BCUT2D eigenvalue weighted by molar-refractivity contribution is 5.84. The molecule has 1 N–H and O–H groups in total. The zero-order valence-electron chi connectivity index (χ0n) is 11.3. The van der Waals surface area contributed by atoms with Crippen LogP contribution in [0.4, 0.5) is 0 Å². The van der Waals surface area contributed by atoms with Gasteiger partial charge in [0, 0.05) is 12.3 Å². The van der Waals surface area contributed by atoms with E-state index in [2.05, 4.69) is 12.2 Å². The molecule has 1 aliphatic heterocycles. The summed E-state index contributed by atoms with van der Waals surface area (Å²) >= 11 is 0. The second kappa shape index (κ2) is 5.99. The summed E-state index contributed by atoms with van der Waals surface area (Å²) in [7, 11) is 0. The molecule has 1 unspecified atom stereocenters. The summed E-state index contributed by atoms with van der Waals surface area (Å²) < 4.78 is 0. The van der Waals surface area contributed by atoms with Crippen molar-refractivity contribution in [3.63, 3.8) is 0 Å². The molecule has 1 aliphatic carbocycles. The normalized spacial score (nSPS) is 26.1. The number of hydrogen-bond donors (Lipinski definition) is 1. The molecule has 1 saturated heterocycles. The van der Waals surface area contributed by atoms with E-state index >= 15 is 0 Å². The number of ketones is 1. The van der Waals surface area contributed by atoms with Crippen LogP contribution in [0.25, 0.3) is 0 Å². The SMILES string of the molecule is CCCCCCCC(=O)C1CC12CCNCC2. The highest BCUT2D eigenvalue weighted by Crippen LogP contribution is 2.59. The minimum Gasteiger partial charge on any atom is -0.317 e. The number of unbranched alkanes of at least 4 members (excludes halogenated alkanes) is 4. The molecule has 2 nitrogen and oxygen atoms in total. The van der Waals surface area contributed by atoms with Gasteiger partial charge in [0.25, 0.3) is 0 Å². The molecule has 0 aromatic heterocycles. The Morgan fingerprint density at radius 1 is 1.18 bits per heavy atom. The van der Waals surface area contributed by atoms with E-state index in [1.807, 2.05) is 0 Å². The van der Waals surface area contributed by atoms with E-state index in [4.69, 9.17) is 0 Å². The lowest BCUT2D eigenvalue weighted by Crippen LogP contribution is -2.30. The Balaban J connectivity index is 1.61. The highest BCUT2D eigenvalue weighted by atomic mass is 16.1. The quantitative estimate of drug-likeness (QED) is 0.688. The van der Waals surface area contributed by atoms with Gasteiger partial charge < -0.3 is 5.32 Å². The van der Waals surface area contributed by atoms with Gasteiger partial charge in [-0.1, -0.05) is 32.6 Å². The van der Waals surface area contributed by atoms with Gasteiger partial charge in [0.05, 0.1) is 0 Å². The van der Waals surface area contributed by atoms with Gasteiger partial charge >= 0.3 is 0 Å². The van der Waals surface area contributed by atoms with E-state index in [9.17, 15) is 4.79 Å². The Kier molecular flexibility index (Phi) is 4.61. The van der Waals surface area contributed by atoms with E-state index in [1.54, 1.807) is 0 Å². The van der Waals surface area contributed by atoms with Crippen LogP contribution < -0.4 is 5.32 Å². The van der Waals surface area contributed by atoms with Crippen molar-refractivity contribution in [2.24, 2.45) is 11.3 Å². The van der Waals surface area contributed by atoms with Crippen LogP contribution in [0.2, 0.25) is 0 Å². The van der Waals surface area contributed by atoms with Crippen LogP contribution in [-0.2, 0) is 4.79 Å². The van der Waals surface area contributed by atoms with E-state index < -0.39 is 0 Å². The van der Waals surface area contributed by atoms with E-state index in [-0.39, 0.29) is 0 Å². The van der Waals surface area contributed by atoms with Crippen molar-refractivity contribution < 1.29 is 4.79 Å². The first kappa shape index (κ1) is 13.1. The van der Waals surface area contributed by atoms with Crippen molar-refractivity contribution in [3.05, 3.63) is 0 Å². The van der Waals surface area contributed by atoms with Crippen LogP contribution in [0.3, 0.4) is 0 Å². The third kappa shape index (κ3) is 3.31. The largest absolute Gasteiger partial charge is 0.317 e. The Bertz CT molecular complexity index is 256. The molecule has 2 aliphatic rings. The fourth-order valence-corrected chi connectivity index (χ4v) is 3.36. The minimum absolute atomic E-state index is 0.441. The maximum Gasteiger partial charge on any atom is 0.136 e. The molecule has 0 radical (unpaired) electrons. The lowest BCUT2D eigenvalue weighted by atomic mass is 9.90.